The van der Waals surface area contributed by atoms with Crippen LogP contribution in [0.2, 0.25) is 0 Å². The first-order valence-electron chi connectivity index (χ1n) is 59.0. The third-order valence-electron chi connectivity index (χ3n) is 30.0. The molecule has 1 aliphatic carbocycles. The second-order valence-corrected chi connectivity index (χ2v) is 59.9. The number of aliphatic hydroxyl groups excluding tert-OH is 1. The van der Waals surface area contributed by atoms with Crippen LogP contribution in [0, 0.1) is 153 Å². The maximum atomic E-state index is 8.67. The zero-order valence-electron chi connectivity index (χ0n) is 112. The van der Waals surface area contributed by atoms with Gasteiger partial charge >= 0.3 is 0 Å². The highest BCUT2D eigenvalue weighted by atomic mass is 16.5. The van der Waals surface area contributed by atoms with Crippen molar-refractivity contribution in [3.05, 3.63) is 12.2 Å². The molecule has 0 radical (unpaired) electrons. The van der Waals surface area contributed by atoms with Crippen LogP contribution < -0.4 is 0 Å². The molecule has 0 amide bonds. The Kier molecular flexibility index (Phi) is 113. The van der Waals surface area contributed by atoms with E-state index in [0.29, 0.717) is 82.9 Å². The summed E-state index contributed by atoms with van der Waals surface area (Å²) in [6.45, 7) is 159. The molecular weight excluding hydrogens is 1710 g/mol. The summed E-state index contributed by atoms with van der Waals surface area (Å²) in [5.74, 6) is 10.5. The lowest BCUT2D eigenvalue weighted by Gasteiger charge is -2.27. The summed E-state index contributed by atoms with van der Waals surface area (Å²) in [5.41, 5.74) is 7.57. The van der Waals surface area contributed by atoms with Gasteiger partial charge in [0.05, 0.1) is 0 Å². The first-order valence-corrected chi connectivity index (χ1v) is 59.0. The lowest BCUT2D eigenvalue weighted by molar-refractivity contribution is 0.112. The molecule has 0 bridgehead atoms. The fourth-order valence-corrected chi connectivity index (χ4v) is 11.4. The van der Waals surface area contributed by atoms with Crippen molar-refractivity contribution in [2.45, 2.75) is 617 Å². The topological polar surface area (TPSA) is 75.6 Å². The van der Waals surface area contributed by atoms with E-state index in [1.54, 1.807) is 21.3 Å². The molecule has 1 saturated carbocycles. The normalized spacial score (nSPS) is 14.9. The van der Waals surface area contributed by atoms with Gasteiger partial charge in [-0.1, -0.05) is 544 Å². The summed E-state index contributed by atoms with van der Waals surface area (Å²) in [4.78, 5) is 0. The van der Waals surface area contributed by atoms with Crippen molar-refractivity contribution in [1.82, 2.24) is 0 Å². The molecule has 0 aliphatic heterocycles. The first-order chi connectivity index (χ1) is 62.5. The zero-order valence-corrected chi connectivity index (χ0v) is 112. The molecule has 7 heteroatoms. The zero-order chi connectivity index (χ0) is 115. The third kappa shape index (κ3) is 153. The number of aliphatic hydroxyl groups is 1. The Morgan fingerprint density at radius 2 is 0.514 bits per heavy atom. The van der Waals surface area contributed by atoms with Crippen LogP contribution in [-0.2, 0) is 28.4 Å². The quantitative estimate of drug-likeness (QED) is 0.0491. The van der Waals surface area contributed by atoms with Crippen molar-refractivity contribution in [1.29, 1.82) is 0 Å². The van der Waals surface area contributed by atoms with E-state index in [1.165, 1.54) is 173 Å². The van der Waals surface area contributed by atoms with Crippen LogP contribution in [-0.4, -0.2) is 92.5 Å². The predicted molar refractivity (Wildman–Crippen MR) is 653 cm³/mol. The number of hydrogen-bond acceptors (Lipinski definition) is 7. The third-order valence-corrected chi connectivity index (χ3v) is 30.0. The highest BCUT2D eigenvalue weighted by Crippen LogP contribution is 2.37. The molecule has 1 N–H and O–H groups in total. The number of methoxy groups -OCH3 is 3. The van der Waals surface area contributed by atoms with E-state index in [1.807, 2.05) is 13.8 Å². The number of hydrogen-bond donors (Lipinski definition) is 1. The average Bonchev–Trinajstić information content (AvgIpc) is 0.930. The van der Waals surface area contributed by atoms with E-state index >= 15 is 0 Å². The number of allylic oxidation sites excluding steroid dienone is 1. The molecule has 0 spiro atoms. The van der Waals surface area contributed by atoms with Gasteiger partial charge in [0.2, 0.25) is 0 Å². The maximum absolute atomic E-state index is 8.67. The number of rotatable bonds is 37. The molecule has 7 nitrogen and oxygen atoms in total. The average molecular weight is 2000 g/mol. The predicted octanol–water partition coefficient (Wildman–Crippen LogP) is 45.6. The van der Waals surface area contributed by atoms with E-state index in [4.69, 9.17) is 33.5 Å². The minimum Gasteiger partial charge on any atom is -0.396 e. The van der Waals surface area contributed by atoms with Gasteiger partial charge in [0, 0.05) is 87.4 Å². The highest BCUT2D eigenvalue weighted by molar-refractivity contribution is 5.00. The smallest absolute Gasteiger partial charge is 0.0468 e. The van der Waals surface area contributed by atoms with Gasteiger partial charge < -0.3 is 33.5 Å². The van der Waals surface area contributed by atoms with E-state index in [2.05, 4.69) is 443 Å². The summed E-state index contributed by atoms with van der Waals surface area (Å²) in [6.07, 6.45) is 34.8. The van der Waals surface area contributed by atoms with Crippen molar-refractivity contribution >= 4 is 0 Å². The molecule has 0 aromatic heterocycles. The molecule has 0 heterocycles. The van der Waals surface area contributed by atoms with Gasteiger partial charge in [0.25, 0.3) is 0 Å². The molecule has 0 aromatic rings. The molecule has 1 aliphatic rings. The van der Waals surface area contributed by atoms with Gasteiger partial charge in [0.1, 0.15) is 0 Å². The maximum Gasteiger partial charge on any atom is 0.0468 e. The Hall–Kier alpha value is -0.540. The van der Waals surface area contributed by atoms with E-state index in [-0.39, 0.29) is 5.41 Å². The van der Waals surface area contributed by atoms with Gasteiger partial charge in [0.15, 0.2) is 0 Å². The molecule has 1 fully saturated rings. The van der Waals surface area contributed by atoms with Crippen LogP contribution in [0.3, 0.4) is 0 Å². The van der Waals surface area contributed by atoms with Gasteiger partial charge in [-0.2, -0.15) is 0 Å². The standard InChI is InChI=1S/C13H28.C12H26O.2C11H24O.2C10H22O.C9H20O.C9H18.2C8H18.C7H16O.C7H16.C7H14.C6H14.C5H12/c1-6-7-8-9-10-11-12(2)13(3,4)5;1-6-13-10-8-7-9-11(2)12(3,4)5;1-10(11(2,3)4)8-6-7-9-12-5;1-6-12-9-7-8-10(2)11(3,4)5;1-9(10(2,3)4)7-6-8-11-5;1-6-11-8-7-9(2)10(3,4)5;1-8(6-7-10-5)9(2,3)4;1-8(2)9-6-4-3-5-7-9;1-7(2)6-8(3,4)5;1-6-7(2)8(3,4)5;1-6(5-8)7(2,3)4;2*1-6(2)7(3,4)5;1-5-6(2,3)4;1-5(2,3)4/h12H,6-11H2,1-5H3;11H,6-10H2,1-5H3;2*10H,6-9H2,1-5H3;2*9H,6-8H2,1-5H3;8H,6-7H2,1-5H3;8-9H,3-7H2,1-2H3;2*7H,6H2,1-5H3;6,8H,5H2,1-4H3;6H,1-5H3;1H2,2-5H3;5H2,1-4H3;1-4H3. The van der Waals surface area contributed by atoms with Gasteiger partial charge in [-0.15, -0.1) is 0 Å². The molecule has 1 rings (SSSR count). The Balaban J connectivity index is -0.000000102. The summed E-state index contributed by atoms with van der Waals surface area (Å²) >= 11 is 0. The van der Waals surface area contributed by atoms with Gasteiger partial charge in [-0.3, -0.25) is 0 Å². The van der Waals surface area contributed by atoms with Crippen LogP contribution in [0.1, 0.15) is 617 Å². The summed E-state index contributed by atoms with van der Waals surface area (Å²) in [5, 5.41) is 8.67. The number of ether oxygens (including phenoxy) is 6. The fraction of sp³-hybridized carbons (Fsp3) is 0.985. The van der Waals surface area contributed by atoms with Crippen molar-refractivity contribution in [2.75, 3.05) is 87.4 Å². The Morgan fingerprint density at radius 1 is 0.286 bits per heavy atom. The first kappa shape index (κ1) is 170. The highest BCUT2D eigenvalue weighted by Gasteiger charge is 2.27. The monoisotopic (exact) mass is 2000 g/mol. The van der Waals surface area contributed by atoms with Crippen molar-refractivity contribution in [2.24, 2.45) is 153 Å². The lowest BCUT2D eigenvalue weighted by atomic mass is 9.79. The van der Waals surface area contributed by atoms with Crippen LogP contribution in [0.5, 0.6) is 0 Å². The molecule has 0 aromatic carbocycles. The summed E-state index contributed by atoms with van der Waals surface area (Å²) < 4.78 is 30.9. The molecule has 140 heavy (non-hydrogen) atoms. The fourth-order valence-electron chi connectivity index (χ4n) is 11.4. The van der Waals surface area contributed by atoms with E-state index in [9.17, 15) is 0 Å². The summed E-state index contributed by atoms with van der Waals surface area (Å²) in [7, 11) is 5.30. The second kappa shape index (κ2) is 93.3. The molecule has 866 valence electrons. The van der Waals surface area contributed by atoms with Gasteiger partial charge in [-0.25, -0.2) is 0 Å². The van der Waals surface area contributed by atoms with Crippen LogP contribution in [0.4, 0.5) is 0 Å². The minimum absolute atomic E-state index is 0.259. The molecule has 0 saturated heterocycles. The number of unbranched alkanes of at least 4 members (excludes halogenated alkanes) is 6. The van der Waals surface area contributed by atoms with Gasteiger partial charge in [-0.05, 0) is 238 Å². The molecule has 9 atom stereocenters. The van der Waals surface area contributed by atoms with Crippen LogP contribution >= 0.6 is 0 Å². The Bertz CT molecular complexity index is 2320. The minimum atomic E-state index is 0.259. The Morgan fingerprint density at radius 3 is 0.700 bits per heavy atom. The van der Waals surface area contributed by atoms with E-state index < -0.39 is 0 Å². The molecular formula is C133H292O7. The largest absolute Gasteiger partial charge is 0.396 e. The van der Waals surface area contributed by atoms with Crippen molar-refractivity contribution in [3.8, 4) is 0 Å². The summed E-state index contributed by atoms with van der Waals surface area (Å²) in [6, 6.07) is 0. The molecule has 9 unspecified atom stereocenters. The van der Waals surface area contributed by atoms with Crippen molar-refractivity contribution in [3.63, 3.8) is 0 Å². The van der Waals surface area contributed by atoms with Crippen LogP contribution in [0.25, 0.3) is 0 Å². The van der Waals surface area contributed by atoms with Crippen molar-refractivity contribution < 1.29 is 33.5 Å². The van der Waals surface area contributed by atoms with E-state index in [0.717, 1.165) is 130 Å². The SMILES string of the molecule is C=C(C)C(C)(C)C.CC(C)(C)C.CC(C)C(C)(C)C.CC(C)C1CCCCC1.CC(C)CC(C)(C)C.CC(CO)C(C)(C)C.CCC(C)(C)C.CCC(C)C(C)(C)C.CCCCCCCC(C)C(C)(C)C.CCOCCC(C)C(C)(C)C.CCOCCCC(C)C(C)(C)C.CCOCCCCC(C)C(C)(C)C.COCCC(C)C(C)(C)C.COCCCC(C)C(C)(C)C.COCCCCC(C)C(C)(C)C. The van der Waals surface area contributed by atoms with Crippen LogP contribution in [0.15, 0.2) is 12.2 Å². The second-order valence-electron chi connectivity index (χ2n) is 59.9. The lowest BCUT2D eigenvalue weighted by Crippen LogP contribution is -2.20. The Labute approximate surface area is 897 Å².